The Bertz CT molecular complexity index is 421. The molecule has 2 atom stereocenters. The zero-order valence-electron chi connectivity index (χ0n) is 12.9. The molecule has 0 heterocycles. The smallest absolute Gasteiger partial charge is 0.234 e. The summed E-state index contributed by atoms with van der Waals surface area (Å²) in [5.74, 6) is 0.875. The first-order valence-electron chi connectivity index (χ1n) is 7.24. The molecule has 1 amide bonds. The number of benzene rings is 1. The van der Waals surface area contributed by atoms with Crippen molar-refractivity contribution in [3.05, 3.63) is 29.8 Å². The SMILES string of the molecule is CCCC(C)NC(=O)CN[C@H](C)c1ccccc1OC. The van der Waals surface area contributed by atoms with Crippen molar-refractivity contribution >= 4 is 5.91 Å². The van der Waals surface area contributed by atoms with Crippen LogP contribution in [0.5, 0.6) is 5.75 Å². The lowest BCUT2D eigenvalue weighted by molar-refractivity contribution is -0.121. The molecule has 1 unspecified atom stereocenters. The second-order valence-electron chi connectivity index (χ2n) is 5.10. The number of nitrogens with one attached hydrogen (secondary N) is 2. The minimum atomic E-state index is 0.0349. The van der Waals surface area contributed by atoms with Crippen LogP contribution in [0.15, 0.2) is 24.3 Å². The molecule has 0 spiro atoms. The van der Waals surface area contributed by atoms with Gasteiger partial charge in [0.2, 0.25) is 5.91 Å². The van der Waals surface area contributed by atoms with Gasteiger partial charge in [0, 0.05) is 17.6 Å². The Hall–Kier alpha value is -1.55. The standard InChI is InChI=1S/C16H26N2O2/c1-5-8-12(2)18-16(19)11-17-13(3)14-9-6-7-10-15(14)20-4/h6-7,9-10,12-13,17H,5,8,11H2,1-4H3,(H,18,19)/t12?,13-/m1/s1. The minimum Gasteiger partial charge on any atom is -0.496 e. The summed E-state index contributed by atoms with van der Waals surface area (Å²) in [6.45, 7) is 6.49. The van der Waals surface area contributed by atoms with Gasteiger partial charge in [-0.1, -0.05) is 31.5 Å². The quantitative estimate of drug-likeness (QED) is 0.768. The number of hydrogen-bond acceptors (Lipinski definition) is 3. The highest BCUT2D eigenvalue weighted by Crippen LogP contribution is 2.23. The fourth-order valence-electron chi connectivity index (χ4n) is 2.21. The number of methoxy groups -OCH3 is 1. The number of rotatable bonds is 8. The van der Waals surface area contributed by atoms with Gasteiger partial charge in [-0.15, -0.1) is 0 Å². The molecular weight excluding hydrogens is 252 g/mol. The van der Waals surface area contributed by atoms with Gasteiger partial charge in [0.05, 0.1) is 13.7 Å². The van der Waals surface area contributed by atoms with Crippen molar-refractivity contribution in [3.63, 3.8) is 0 Å². The highest BCUT2D eigenvalue weighted by Gasteiger charge is 2.12. The summed E-state index contributed by atoms with van der Waals surface area (Å²) in [6, 6.07) is 8.15. The van der Waals surface area contributed by atoms with E-state index in [1.165, 1.54) is 0 Å². The summed E-state index contributed by atoms with van der Waals surface area (Å²) in [6.07, 6.45) is 2.08. The molecule has 112 valence electrons. The van der Waals surface area contributed by atoms with E-state index in [1.807, 2.05) is 38.1 Å². The highest BCUT2D eigenvalue weighted by molar-refractivity contribution is 5.78. The molecule has 1 rings (SSSR count). The largest absolute Gasteiger partial charge is 0.496 e. The van der Waals surface area contributed by atoms with Crippen LogP contribution in [0.4, 0.5) is 0 Å². The first-order chi connectivity index (χ1) is 9.58. The number of hydrogen-bond donors (Lipinski definition) is 2. The Balaban J connectivity index is 2.46. The summed E-state index contributed by atoms with van der Waals surface area (Å²) in [4.78, 5) is 11.8. The van der Waals surface area contributed by atoms with Gasteiger partial charge in [-0.05, 0) is 26.3 Å². The summed E-state index contributed by atoms with van der Waals surface area (Å²) >= 11 is 0. The maximum Gasteiger partial charge on any atom is 0.234 e. The van der Waals surface area contributed by atoms with Crippen LogP contribution in [0, 0.1) is 0 Å². The van der Waals surface area contributed by atoms with Gasteiger partial charge < -0.3 is 15.4 Å². The fraction of sp³-hybridized carbons (Fsp3) is 0.562. The predicted octanol–water partition coefficient (Wildman–Crippen LogP) is 2.65. The van der Waals surface area contributed by atoms with Crippen molar-refractivity contribution < 1.29 is 9.53 Å². The van der Waals surface area contributed by atoms with E-state index < -0.39 is 0 Å². The Labute approximate surface area is 121 Å². The normalized spacial score (nSPS) is 13.6. The van der Waals surface area contributed by atoms with Gasteiger partial charge in [-0.25, -0.2) is 0 Å². The highest BCUT2D eigenvalue weighted by atomic mass is 16.5. The second kappa shape index (κ2) is 8.59. The summed E-state index contributed by atoms with van der Waals surface area (Å²) in [5.41, 5.74) is 1.06. The van der Waals surface area contributed by atoms with Crippen molar-refractivity contribution in [3.8, 4) is 5.75 Å². The molecule has 4 heteroatoms. The predicted molar refractivity (Wildman–Crippen MR) is 81.9 cm³/mol. The summed E-state index contributed by atoms with van der Waals surface area (Å²) in [7, 11) is 1.66. The zero-order chi connectivity index (χ0) is 15.0. The molecule has 0 saturated carbocycles. The monoisotopic (exact) mass is 278 g/mol. The van der Waals surface area contributed by atoms with Crippen molar-refractivity contribution in [1.82, 2.24) is 10.6 Å². The first-order valence-corrected chi connectivity index (χ1v) is 7.24. The number of amides is 1. The average molecular weight is 278 g/mol. The van der Waals surface area contributed by atoms with Crippen molar-refractivity contribution in [1.29, 1.82) is 0 Å². The van der Waals surface area contributed by atoms with Crippen LogP contribution in [0.2, 0.25) is 0 Å². The van der Waals surface area contributed by atoms with E-state index in [1.54, 1.807) is 7.11 Å². The van der Waals surface area contributed by atoms with Gasteiger partial charge in [0.25, 0.3) is 0 Å². The van der Waals surface area contributed by atoms with Gasteiger partial charge in [0.15, 0.2) is 0 Å². The molecule has 0 bridgehead atoms. The van der Waals surface area contributed by atoms with Crippen LogP contribution >= 0.6 is 0 Å². The van der Waals surface area contributed by atoms with Crippen LogP contribution in [-0.2, 0) is 4.79 Å². The Morgan fingerprint density at radius 2 is 2.00 bits per heavy atom. The van der Waals surface area contributed by atoms with Gasteiger partial charge in [0.1, 0.15) is 5.75 Å². The van der Waals surface area contributed by atoms with E-state index in [2.05, 4.69) is 17.6 Å². The molecular formula is C16H26N2O2. The van der Waals surface area contributed by atoms with Crippen LogP contribution in [0.3, 0.4) is 0 Å². The molecule has 1 aromatic carbocycles. The second-order valence-corrected chi connectivity index (χ2v) is 5.10. The lowest BCUT2D eigenvalue weighted by Crippen LogP contribution is -2.39. The zero-order valence-corrected chi connectivity index (χ0v) is 12.9. The van der Waals surface area contributed by atoms with Crippen molar-refractivity contribution in [2.24, 2.45) is 0 Å². The molecule has 0 aromatic heterocycles. The third-order valence-electron chi connectivity index (χ3n) is 3.30. The van der Waals surface area contributed by atoms with Crippen LogP contribution in [0.1, 0.15) is 45.2 Å². The molecule has 0 radical (unpaired) electrons. The first kappa shape index (κ1) is 16.5. The molecule has 0 aliphatic carbocycles. The maximum atomic E-state index is 11.8. The van der Waals surface area contributed by atoms with Gasteiger partial charge in [-0.2, -0.15) is 0 Å². The average Bonchev–Trinajstić information content (AvgIpc) is 2.44. The summed E-state index contributed by atoms with van der Waals surface area (Å²) < 4.78 is 5.33. The summed E-state index contributed by atoms with van der Waals surface area (Å²) in [5, 5.41) is 6.21. The van der Waals surface area contributed by atoms with E-state index in [9.17, 15) is 4.79 Å². The van der Waals surface area contributed by atoms with Crippen molar-refractivity contribution in [2.45, 2.75) is 45.7 Å². The number of carbonyl (C=O) groups is 1. The molecule has 0 aliphatic heterocycles. The number of carbonyl (C=O) groups excluding carboxylic acids is 1. The van der Waals surface area contributed by atoms with E-state index in [0.29, 0.717) is 6.54 Å². The lowest BCUT2D eigenvalue weighted by atomic mass is 10.1. The molecule has 20 heavy (non-hydrogen) atoms. The molecule has 1 aromatic rings. The topological polar surface area (TPSA) is 50.4 Å². The minimum absolute atomic E-state index is 0.0349. The molecule has 0 fully saturated rings. The lowest BCUT2D eigenvalue weighted by Gasteiger charge is -2.18. The molecule has 0 saturated heterocycles. The fourth-order valence-corrected chi connectivity index (χ4v) is 2.21. The Kier molecular flexibility index (Phi) is 7.09. The third kappa shape index (κ3) is 5.21. The van der Waals surface area contributed by atoms with E-state index in [0.717, 1.165) is 24.2 Å². The van der Waals surface area contributed by atoms with Crippen LogP contribution in [0.25, 0.3) is 0 Å². The Morgan fingerprint density at radius 3 is 2.65 bits per heavy atom. The third-order valence-corrected chi connectivity index (χ3v) is 3.30. The van der Waals surface area contributed by atoms with E-state index >= 15 is 0 Å². The van der Waals surface area contributed by atoms with Gasteiger partial charge in [-0.3, -0.25) is 4.79 Å². The van der Waals surface area contributed by atoms with Crippen molar-refractivity contribution in [2.75, 3.05) is 13.7 Å². The number of ether oxygens (including phenoxy) is 1. The Morgan fingerprint density at radius 1 is 1.30 bits per heavy atom. The molecule has 4 nitrogen and oxygen atoms in total. The molecule has 2 N–H and O–H groups in total. The van der Waals surface area contributed by atoms with Crippen LogP contribution < -0.4 is 15.4 Å². The van der Waals surface area contributed by atoms with E-state index in [-0.39, 0.29) is 18.0 Å². The number of para-hydroxylation sites is 1. The molecule has 0 aliphatic rings. The van der Waals surface area contributed by atoms with Crippen LogP contribution in [-0.4, -0.2) is 25.6 Å². The van der Waals surface area contributed by atoms with E-state index in [4.69, 9.17) is 4.74 Å². The maximum absolute atomic E-state index is 11.8. The van der Waals surface area contributed by atoms with Gasteiger partial charge >= 0.3 is 0 Å².